The smallest absolute Gasteiger partial charge is 0.191 e. The summed E-state index contributed by atoms with van der Waals surface area (Å²) in [6, 6.07) is 6.24. The van der Waals surface area contributed by atoms with Gasteiger partial charge in [-0.15, -0.1) is 0 Å². The van der Waals surface area contributed by atoms with E-state index in [0.717, 1.165) is 56.4 Å². The summed E-state index contributed by atoms with van der Waals surface area (Å²) in [4.78, 5) is 7.12. The van der Waals surface area contributed by atoms with E-state index in [9.17, 15) is 0 Å². The molecule has 0 aromatic heterocycles. The molecule has 0 unspecified atom stereocenters. The second-order valence-electron chi connectivity index (χ2n) is 7.73. The van der Waals surface area contributed by atoms with Gasteiger partial charge < -0.3 is 29.7 Å². The molecule has 0 amide bonds. The molecule has 1 aromatic rings. The Kier molecular flexibility index (Phi) is 9.70. The Balaban J connectivity index is 2.06. The summed E-state index contributed by atoms with van der Waals surface area (Å²) in [5.74, 6) is 1.69. The Bertz CT molecular complexity index is 643. The van der Waals surface area contributed by atoms with E-state index in [2.05, 4.69) is 61.7 Å². The fraction of sp³-hybridized carbons (Fsp3) is 0.682. The van der Waals surface area contributed by atoms with Crippen LogP contribution in [0.1, 0.15) is 30.9 Å². The monoisotopic (exact) mass is 406 g/mol. The maximum atomic E-state index is 5.90. The van der Waals surface area contributed by atoms with Gasteiger partial charge in [0, 0.05) is 44.5 Å². The number of benzene rings is 1. The number of hydrogen-bond acceptors (Lipinski definition) is 5. The molecule has 2 N–H and O–H groups in total. The number of ether oxygens (including phenoxy) is 3. The molecule has 7 heteroatoms. The Morgan fingerprint density at radius 2 is 1.97 bits per heavy atom. The minimum absolute atomic E-state index is 0.0900. The third-order valence-corrected chi connectivity index (χ3v) is 5.48. The zero-order chi connectivity index (χ0) is 21.1. The molecular weight excluding hydrogens is 368 g/mol. The van der Waals surface area contributed by atoms with E-state index < -0.39 is 0 Å². The van der Waals surface area contributed by atoms with Gasteiger partial charge in [0.05, 0.1) is 13.2 Å². The van der Waals surface area contributed by atoms with Gasteiger partial charge in [-0.3, -0.25) is 0 Å². The van der Waals surface area contributed by atoms with Crippen molar-refractivity contribution < 1.29 is 14.2 Å². The fourth-order valence-corrected chi connectivity index (χ4v) is 3.45. The highest BCUT2D eigenvalue weighted by molar-refractivity contribution is 5.79. The molecule has 1 aliphatic heterocycles. The van der Waals surface area contributed by atoms with Gasteiger partial charge in [0.25, 0.3) is 0 Å². The summed E-state index contributed by atoms with van der Waals surface area (Å²) >= 11 is 0. The van der Waals surface area contributed by atoms with Crippen LogP contribution in [-0.2, 0) is 16.0 Å². The van der Waals surface area contributed by atoms with Crippen LogP contribution in [0.25, 0.3) is 0 Å². The Morgan fingerprint density at radius 3 is 2.62 bits per heavy atom. The molecule has 7 nitrogen and oxygen atoms in total. The first-order chi connectivity index (χ1) is 14.0. The van der Waals surface area contributed by atoms with E-state index in [1.54, 1.807) is 7.11 Å². The Hall–Kier alpha value is -1.83. The average Bonchev–Trinajstić information content (AvgIpc) is 2.72. The van der Waals surface area contributed by atoms with E-state index in [4.69, 9.17) is 19.2 Å². The largest absolute Gasteiger partial charge is 0.491 e. The van der Waals surface area contributed by atoms with Crippen LogP contribution in [0, 0.1) is 6.92 Å². The van der Waals surface area contributed by atoms with Crippen molar-refractivity contribution in [1.82, 2.24) is 15.5 Å². The standard InChI is InChI=1S/C22H38N4O3/c1-6-23-21(25-17-22(26(3)4)9-11-28-12-10-22)24-16-19-8-7-18(2)15-20(19)29-14-13-27-5/h7-8,15H,6,9-14,16-17H2,1-5H3,(H2,23,24,25). The van der Waals surface area contributed by atoms with E-state index in [1.807, 2.05) is 0 Å². The van der Waals surface area contributed by atoms with Crippen LogP contribution in [0.4, 0.5) is 0 Å². The molecule has 0 aliphatic carbocycles. The molecule has 1 aromatic carbocycles. The average molecular weight is 407 g/mol. The number of hydrogen-bond donors (Lipinski definition) is 2. The summed E-state index contributed by atoms with van der Waals surface area (Å²) in [6.07, 6.45) is 2.03. The quantitative estimate of drug-likeness (QED) is 0.353. The zero-order valence-corrected chi connectivity index (χ0v) is 18.7. The van der Waals surface area contributed by atoms with Crippen LogP contribution in [-0.4, -0.2) is 77.1 Å². The van der Waals surface area contributed by atoms with Crippen LogP contribution in [0.2, 0.25) is 0 Å². The lowest BCUT2D eigenvalue weighted by molar-refractivity contribution is -0.00501. The predicted molar refractivity (Wildman–Crippen MR) is 118 cm³/mol. The van der Waals surface area contributed by atoms with Gasteiger partial charge in [0.15, 0.2) is 5.96 Å². The number of aliphatic imine (C=N–C) groups is 1. The first-order valence-electron chi connectivity index (χ1n) is 10.5. The molecule has 1 saturated heterocycles. The van der Waals surface area contributed by atoms with Gasteiger partial charge in [-0.2, -0.15) is 0 Å². The molecule has 2 rings (SSSR count). The van der Waals surface area contributed by atoms with E-state index in [-0.39, 0.29) is 5.54 Å². The number of rotatable bonds is 10. The van der Waals surface area contributed by atoms with Crippen molar-refractivity contribution in [1.29, 1.82) is 0 Å². The molecule has 0 spiro atoms. The van der Waals surface area contributed by atoms with Gasteiger partial charge in [-0.05, 0) is 52.4 Å². The Labute approximate surface area is 175 Å². The van der Waals surface area contributed by atoms with Gasteiger partial charge in [-0.1, -0.05) is 12.1 Å². The lowest BCUT2D eigenvalue weighted by atomic mass is 9.88. The molecule has 1 heterocycles. The lowest BCUT2D eigenvalue weighted by Crippen LogP contribution is -2.57. The maximum Gasteiger partial charge on any atom is 0.191 e. The van der Waals surface area contributed by atoms with Crippen molar-refractivity contribution in [2.45, 2.75) is 38.8 Å². The van der Waals surface area contributed by atoms with Crippen molar-refractivity contribution in [2.75, 3.05) is 60.7 Å². The van der Waals surface area contributed by atoms with Crippen LogP contribution in [0.15, 0.2) is 23.2 Å². The normalized spacial score (nSPS) is 16.7. The van der Waals surface area contributed by atoms with Gasteiger partial charge in [-0.25, -0.2) is 4.99 Å². The second kappa shape index (κ2) is 12.0. The van der Waals surface area contributed by atoms with Crippen LogP contribution in [0.5, 0.6) is 5.75 Å². The number of nitrogens with zero attached hydrogens (tertiary/aromatic N) is 2. The molecule has 0 radical (unpaired) electrons. The molecule has 164 valence electrons. The molecule has 1 fully saturated rings. The van der Waals surface area contributed by atoms with Crippen molar-refractivity contribution >= 4 is 5.96 Å². The zero-order valence-electron chi connectivity index (χ0n) is 18.7. The molecule has 0 bridgehead atoms. The predicted octanol–water partition coefficient (Wildman–Crippen LogP) is 2.19. The van der Waals surface area contributed by atoms with Crippen molar-refractivity contribution in [3.8, 4) is 5.75 Å². The highest BCUT2D eigenvalue weighted by atomic mass is 16.5. The molecular formula is C22H38N4O3. The first kappa shape index (κ1) is 23.4. The van der Waals surface area contributed by atoms with Gasteiger partial charge >= 0.3 is 0 Å². The van der Waals surface area contributed by atoms with Crippen molar-refractivity contribution in [2.24, 2.45) is 4.99 Å². The van der Waals surface area contributed by atoms with Gasteiger partial charge in [0.1, 0.15) is 12.4 Å². The summed E-state index contributed by atoms with van der Waals surface area (Å²) in [7, 11) is 5.97. The van der Waals surface area contributed by atoms with Gasteiger partial charge in [0.2, 0.25) is 0 Å². The van der Waals surface area contributed by atoms with E-state index in [0.29, 0.717) is 19.8 Å². The highest BCUT2D eigenvalue weighted by Crippen LogP contribution is 2.25. The topological polar surface area (TPSA) is 67.4 Å². The molecule has 0 saturated carbocycles. The number of nitrogens with one attached hydrogen (secondary N) is 2. The highest BCUT2D eigenvalue weighted by Gasteiger charge is 2.34. The minimum Gasteiger partial charge on any atom is -0.491 e. The minimum atomic E-state index is 0.0900. The van der Waals surface area contributed by atoms with E-state index >= 15 is 0 Å². The SMILES string of the molecule is CCNC(=NCc1ccc(C)cc1OCCOC)NCC1(N(C)C)CCOCC1. The third-order valence-electron chi connectivity index (χ3n) is 5.48. The third kappa shape index (κ3) is 7.17. The Morgan fingerprint density at radius 1 is 1.21 bits per heavy atom. The summed E-state index contributed by atoms with van der Waals surface area (Å²) in [5, 5.41) is 6.91. The summed E-state index contributed by atoms with van der Waals surface area (Å²) < 4.78 is 16.6. The van der Waals surface area contributed by atoms with Crippen molar-refractivity contribution in [3.05, 3.63) is 29.3 Å². The number of guanidine groups is 1. The van der Waals surface area contributed by atoms with Crippen LogP contribution in [0.3, 0.4) is 0 Å². The molecule has 0 atom stereocenters. The molecule has 1 aliphatic rings. The molecule has 29 heavy (non-hydrogen) atoms. The number of likely N-dealkylation sites (N-methyl/N-ethyl adjacent to an activating group) is 1. The number of methoxy groups -OCH3 is 1. The lowest BCUT2D eigenvalue weighted by Gasteiger charge is -2.43. The summed E-state index contributed by atoms with van der Waals surface area (Å²) in [5.41, 5.74) is 2.33. The maximum absolute atomic E-state index is 5.90. The first-order valence-corrected chi connectivity index (χ1v) is 10.5. The second-order valence-corrected chi connectivity index (χ2v) is 7.73. The number of aryl methyl sites for hydroxylation is 1. The summed E-state index contributed by atoms with van der Waals surface area (Å²) in [6.45, 7) is 9.05. The van der Waals surface area contributed by atoms with Crippen LogP contribution >= 0.6 is 0 Å². The fourth-order valence-electron chi connectivity index (χ4n) is 3.45. The van der Waals surface area contributed by atoms with Crippen molar-refractivity contribution in [3.63, 3.8) is 0 Å². The van der Waals surface area contributed by atoms with E-state index in [1.165, 1.54) is 5.56 Å². The van der Waals surface area contributed by atoms with Crippen LogP contribution < -0.4 is 15.4 Å².